The Morgan fingerprint density at radius 3 is 2.85 bits per heavy atom. The summed E-state index contributed by atoms with van der Waals surface area (Å²) in [5.74, 6) is 8.20. The smallest absolute Gasteiger partial charge is 0.274 e. The molecule has 2 aliphatic heterocycles. The number of pyridine rings is 1. The standard InChI is InChI=1S/C17H23N7O2S/c18-24-16(13-4-3-11-26-13)20-21-17(24)27-12-15(25)23-9-7-22(8-10-23)14-5-1-2-6-19-14/h1-2,5-6,13H,3-4,7-12,18H2/p+1/t13-/m0/s1. The van der Waals surface area contributed by atoms with Gasteiger partial charge in [-0.05, 0) is 18.9 Å². The van der Waals surface area contributed by atoms with Crippen LogP contribution in [-0.4, -0.2) is 64.2 Å². The summed E-state index contributed by atoms with van der Waals surface area (Å²) >= 11 is 1.32. The first-order valence-corrected chi connectivity index (χ1v) is 10.1. The average molecular weight is 390 g/mol. The molecule has 144 valence electrons. The van der Waals surface area contributed by atoms with Gasteiger partial charge in [0.05, 0.1) is 25.0 Å². The van der Waals surface area contributed by atoms with Crippen molar-refractivity contribution in [3.8, 4) is 0 Å². The monoisotopic (exact) mass is 390 g/mol. The summed E-state index contributed by atoms with van der Waals surface area (Å²) in [4.78, 5) is 19.9. The highest BCUT2D eigenvalue weighted by Gasteiger charge is 2.27. The Bertz CT molecular complexity index is 771. The molecule has 10 heteroatoms. The minimum absolute atomic E-state index is 0.0876. The summed E-state index contributed by atoms with van der Waals surface area (Å²) in [5.41, 5.74) is 0. The Morgan fingerprint density at radius 1 is 1.30 bits per heavy atom. The van der Waals surface area contributed by atoms with Crippen LogP contribution in [-0.2, 0) is 9.53 Å². The largest absolute Gasteiger partial charge is 0.370 e. The first-order valence-electron chi connectivity index (χ1n) is 9.16. The van der Waals surface area contributed by atoms with Gasteiger partial charge in [0.2, 0.25) is 11.1 Å². The molecule has 0 aliphatic carbocycles. The molecule has 27 heavy (non-hydrogen) atoms. The normalized spacial score (nSPS) is 20.2. The Kier molecular flexibility index (Phi) is 5.44. The number of thioether (sulfide) groups is 1. The molecule has 4 heterocycles. The van der Waals surface area contributed by atoms with E-state index in [9.17, 15) is 4.79 Å². The van der Waals surface area contributed by atoms with Crippen LogP contribution in [0.3, 0.4) is 0 Å². The van der Waals surface area contributed by atoms with E-state index in [1.807, 2.05) is 29.3 Å². The minimum Gasteiger partial charge on any atom is -0.370 e. The number of amides is 1. The zero-order valence-electron chi connectivity index (χ0n) is 15.1. The second-order valence-corrected chi connectivity index (χ2v) is 7.56. The van der Waals surface area contributed by atoms with E-state index in [4.69, 9.17) is 10.6 Å². The summed E-state index contributed by atoms with van der Waals surface area (Å²) in [5, 5.41) is 8.80. The van der Waals surface area contributed by atoms with Crippen molar-refractivity contribution in [2.24, 2.45) is 0 Å². The van der Waals surface area contributed by atoms with Crippen LogP contribution in [0.25, 0.3) is 0 Å². The van der Waals surface area contributed by atoms with E-state index in [1.165, 1.54) is 16.4 Å². The maximum Gasteiger partial charge on any atom is 0.274 e. The van der Waals surface area contributed by atoms with Crippen LogP contribution in [0.4, 0.5) is 5.82 Å². The molecule has 9 nitrogen and oxygen atoms in total. The highest BCUT2D eigenvalue weighted by atomic mass is 32.2. The Hall–Kier alpha value is -2.33. The highest BCUT2D eigenvalue weighted by Crippen LogP contribution is 2.28. The van der Waals surface area contributed by atoms with Gasteiger partial charge >= 0.3 is 0 Å². The fraction of sp³-hybridized carbons (Fsp3) is 0.529. The van der Waals surface area contributed by atoms with Crippen LogP contribution in [0.15, 0.2) is 29.6 Å². The molecule has 0 unspecified atom stereocenters. The van der Waals surface area contributed by atoms with Gasteiger partial charge in [-0.3, -0.25) is 9.69 Å². The van der Waals surface area contributed by atoms with Crippen molar-refractivity contribution >= 4 is 23.5 Å². The van der Waals surface area contributed by atoms with Crippen LogP contribution in [0, 0.1) is 0 Å². The van der Waals surface area contributed by atoms with Crippen molar-refractivity contribution in [1.29, 1.82) is 0 Å². The molecule has 0 radical (unpaired) electrons. The van der Waals surface area contributed by atoms with E-state index < -0.39 is 0 Å². The Morgan fingerprint density at radius 2 is 2.15 bits per heavy atom. The third kappa shape index (κ3) is 4.01. The molecule has 1 amide bonds. The third-order valence-electron chi connectivity index (χ3n) is 4.90. The number of aromatic nitrogens is 4. The van der Waals surface area contributed by atoms with Gasteiger partial charge in [0, 0.05) is 12.7 Å². The molecule has 2 fully saturated rings. The number of anilines is 1. The summed E-state index contributed by atoms with van der Waals surface area (Å²) in [7, 11) is 0. The predicted molar refractivity (Wildman–Crippen MR) is 101 cm³/mol. The van der Waals surface area contributed by atoms with Crippen LogP contribution in [0.2, 0.25) is 0 Å². The van der Waals surface area contributed by atoms with E-state index in [1.54, 1.807) is 0 Å². The van der Waals surface area contributed by atoms with Crippen LogP contribution in [0.1, 0.15) is 24.8 Å². The van der Waals surface area contributed by atoms with Gasteiger partial charge in [-0.25, -0.2) is 9.66 Å². The zero-order chi connectivity index (χ0) is 18.6. The number of carbonyl (C=O) groups excluding carboxylic acids is 1. The topological polar surface area (TPSA) is 104 Å². The van der Waals surface area contributed by atoms with Gasteiger partial charge in [0.15, 0.2) is 5.82 Å². The van der Waals surface area contributed by atoms with Crippen LogP contribution < -0.4 is 15.7 Å². The van der Waals surface area contributed by atoms with E-state index in [2.05, 4.69) is 20.1 Å². The first-order chi connectivity index (χ1) is 13.2. The van der Waals surface area contributed by atoms with E-state index >= 15 is 0 Å². The SMILES string of the molecule is Nn1c(SCC(=O)N2CCN(c3cccc[nH+]3)CC2)nnc1[C@@H]1CCCO1. The van der Waals surface area contributed by atoms with Crippen molar-refractivity contribution in [2.75, 3.05) is 49.3 Å². The summed E-state index contributed by atoms with van der Waals surface area (Å²) in [6, 6.07) is 6.02. The van der Waals surface area contributed by atoms with Crippen molar-refractivity contribution < 1.29 is 14.5 Å². The number of piperazine rings is 1. The third-order valence-corrected chi connectivity index (χ3v) is 5.83. The van der Waals surface area contributed by atoms with Gasteiger partial charge < -0.3 is 15.5 Å². The van der Waals surface area contributed by atoms with Gasteiger partial charge in [-0.15, -0.1) is 10.2 Å². The first kappa shape index (κ1) is 18.1. The number of rotatable bonds is 5. The second-order valence-electron chi connectivity index (χ2n) is 6.62. The number of carbonyl (C=O) groups is 1. The lowest BCUT2D eigenvalue weighted by Crippen LogP contribution is -2.50. The zero-order valence-corrected chi connectivity index (χ0v) is 15.9. The van der Waals surface area contributed by atoms with Gasteiger partial charge in [0.1, 0.15) is 19.2 Å². The fourth-order valence-corrected chi connectivity index (χ4v) is 4.15. The molecule has 0 saturated carbocycles. The number of nitrogens with one attached hydrogen (secondary N) is 1. The summed E-state index contributed by atoms with van der Waals surface area (Å²) < 4.78 is 7.06. The number of hydrogen-bond donors (Lipinski definition) is 1. The maximum absolute atomic E-state index is 12.5. The van der Waals surface area contributed by atoms with Crippen molar-refractivity contribution in [2.45, 2.75) is 24.1 Å². The lowest BCUT2D eigenvalue weighted by molar-refractivity contribution is -0.364. The van der Waals surface area contributed by atoms with Gasteiger partial charge in [-0.1, -0.05) is 17.8 Å². The minimum atomic E-state index is -0.0876. The second kappa shape index (κ2) is 8.13. The number of H-pyrrole nitrogens is 1. The molecule has 3 N–H and O–H groups in total. The summed E-state index contributed by atoms with van der Waals surface area (Å²) in [6.07, 6.45) is 3.74. The molecule has 0 bridgehead atoms. The molecular formula is C17H24N7O2S+. The summed E-state index contributed by atoms with van der Waals surface area (Å²) in [6.45, 7) is 3.77. The Labute approximate surface area is 161 Å². The number of ether oxygens (including phenoxy) is 1. The molecule has 0 spiro atoms. The molecule has 4 rings (SSSR count). The lowest BCUT2D eigenvalue weighted by atomic mass is 10.2. The highest BCUT2D eigenvalue weighted by molar-refractivity contribution is 7.99. The quantitative estimate of drug-likeness (QED) is 0.570. The van der Waals surface area contributed by atoms with E-state index in [-0.39, 0.29) is 12.0 Å². The molecule has 2 aromatic heterocycles. The number of nitrogens with zero attached hydrogens (tertiary/aromatic N) is 5. The van der Waals surface area contributed by atoms with Gasteiger partial charge in [-0.2, -0.15) is 0 Å². The lowest BCUT2D eigenvalue weighted by Gasteiger charge is -2.30. The average Bonchev–Trinajstić information content (AvgIpc) is 3.37. The number of nitrogens with two attached hydrogens (primary N) is 1. The predicted octanol–water partition coefficient (Wildman–Crippen LogP) is 0.0984. The molecule has 2 aliphatic rings. The van der Waals surface area contributed by atoms with Crippen molar-refractivity contribution in [3.63, 3.8) is 0 Å². The number of aromatic amines is 1. The fourth-order valence-electron chi connectivity index (χ4n) is 3.38. The molecule has 2 aromatic rings. The number of hydrogen-bond acceptors (Lipinski definition) is 7. The van der Waals surface area contributed by atoms with Crippen LogP contribution in [0.5, 0.6) is 0 Å². The molecule has 0 aromatic carbocycles. The number of nitrogen functional groups attached to an aromatic ring is 1. The molecule has 1 atom stereocenters. The van der Waals surface area contributed by atoms with Crippen molar-refractivity contribution in [1.82, 2.24) is 19.8 Å². The van der Waals surface area contributed by atoms with Gasteiger partial charge in [0.25, 0.3) is 5.82 Å². The van der Waals surface area contributed by atoms with Crippen molar-refractivity contribution in [3.05, 3.63) is 30.2 Å². The maximum atomic E-state index is 12.5. The van der Waals surface area contributed by atoms with E-state index in [0.717, 1.165) is 38.4 Å². The van der Waals surface area contributed by atoms with Crippen LogP contribution >= 0.6 is 11.8 Å². The van der Waals surface area contributed by atoms with E-state index in [0.29, 0.717) is 29.8 Å². The molecule has 2 saturated heterocycles. The molecular weight excluding hydrogens is 366 g/mol. The Balaban J connectivity index is 1.28.